The van der Waals surface area contributed by atoms with Crippen molar-refractivity contribution in [2.24, 2.45) is 11.8 Å². The molecule has 5 heteroatoms. The number of carbonyl (C=O) groups excluding carboxylic acids is 1. The molecule has 0 aliphatic heterocycles. The lowest BCUT2D eigenvalue weighted by Gasteiger charge is -2.12. The Labute approximate surface area is 94.4 Å². The number of nitrogens with zero attached hydrogens (tertiary/aromatic N) is 1. The second-order valence-corrected chi connectivity index (χ2v) is 4.17. The van der Waals surface area contributed by atoms with Gasteiger partial charge in [0.25, 0.3) is 5.91 Å². The van der Waals surface area contributed by atoms with E-state index in [0.717, 1.165) is 0 Å². The lowest BCUT2D eigenvalue weighted by Crippen LogP contribution is -2.34. The van der Waals surface area contributed by atoms with Crippen LogP contribution in [0.5, 0.6) is 0 Å². The van der Waals surface area contributed by atoms with Gasteiger partial charge in [-0.2, -0.15) is 0 Å². The minimum absolute atomic E-state index is 0.0710. The smallest absolute Gasteiger partial charge is 0.251 e. The highest BCUT2D eigenvalue weighted by Crippen LogP contribution is 2.32. The molecule has 86 valence electrons. The van der Waals surface area contributed by atoms with Crippen LogP contribution in [0.2, 0.25) is 0 Å². The topological polar surface area (TPSA) is 80.0 Å². The van der Waals surface area contributed by atoms with Gasteiger partial charge in [-0.1, -0.05) is 0 Å². The van der Waals surface area contributed by atoms with Gasteiger partial charge in [-0.3, -0.25) is 4.79 Å². The number of pyridine rings is 1. The summed E-state index contributed by atoms with van der Waals surface area (Å²) in [6.07, 6.45) is 3.99. The Morgan fingerprint density at radius 2 is 2.38 bits per heavy atom. The Balaban J connectivity index is 2.01. The van der Waals surface area contributed by atoms with Crippen molar-refractivity contribution < 1.29 is 4.79 Å². The third-order valence-electron chi connectivity index (χ3n) is 2.86. The molecule has 1 atom stereocenters. The lowest BCUT2D eigenvalue weighted by atomic mass is 10.2. The van der Waals surface area contributed by atoms with Crippen molar-refractivity contribution in [3.8, 4) is 0 Å². The number of amides is 1. The van der Waals surface area contributed by atoms with Crippen LogP contribution >= 0.6 is 0 Å². The Morgan fingerprint density at radius 1 is 1.62 bits per heavy atom. The van der Waals surface area contributed by atoms with Crippen molar-refractivity contribution in [3.05, 3.63) is 23.9 Å². The van der Waals surface area contributed by atoms with Gasteiger partial charge in [-0.15, -0.1) is 0 Å². The molecule has 2 rings (SSSR count). The molecule has 1 fully saturated rings. The molecule has 1 aromatic heterocycles. The van der Waals surface area contributed by atoms with Gasteiger partial charge in [0.2, 0.25) is 0 Å². The number of nitrogens with one attached hydrogen (secondary N) is 2. The van der Waals surface area contributed by atoms with Gasteiger partial charge in [-0.05, 0) is 37.8 Å². The Bertz CT molecular complexity index is 389. The fourth-order valence-electron chi connectivity index (χ4n) is 1.65. The van der Waals surface area contributed by atoms with Crippen LogP contribution in [0.15, 0.2) is 18.3 Å². The third-order valence-corrected chi connectivity index (χ3v) is 2.86. The molecule has 0 spiro atoms. The molecule has 1 aliphatic carbocycles. The number of hydrazine groups is 1. The molecular weight excluding hydrogens is 204 g/mol. The van der Waals surface area contributed by atoms with Gasteiger partial charge in [-0.25, -0.2) is 10.8 Å². The van der Waals surface area contributed by atoms with E-state index in [2.05, 4.69) is 15.7 Å². The average molecular weight is 220 g/mol. The molecule has 4 N–H and O–H groups in total. The summed E-state index contributed by atoms with van der Waals surface area (Å²) in [5, 5.41) is 2.97. The Hall–Kier alpha value is -1.62. The summed E-state index contributed by atoms with van der Waals surface area (Å²) in [6, 6.07) is 3.56. The highest BCUT2D eigenvalue weighted by atomic mass is 16.1. The summed E-state index contributed by atoms with van der Waals surface area (Å²) in [6.45, 7) is 2.04. The van der Waals surface area contributed by atoms with Gasteiger partial charge < -0.3 is 10.7 Å². The third kappa shape index (κ3) is 2.49. The number of aromatic nitrogens is 1. The fraction of sp³-hybridized carbons (Fsp3) is 0.455. The number of carbonyl (C=O) groups is 1. The van der Waals surface area contributed by atoms with Crippen molar-refractivity contribution in [3.63, 3.8) is 0 Å². The van der Waals surface area contributed by atoms with Crippen LogP contribution in [-0.2, 0) is 0 Å². The second kappa shape index (κ2) is 4.49. The van der Waals surface area contributed by atoms with Crippen LogP contribution in [0.1, 0.15) is 30.1 Å². The molecule has 1 unspecified atom stereocenters. The second-order valence-electron chi connectivity index (χ2n) is 4.17. The van der Waals surface area contributed by atoms with Crippen LogP contribution in [0, 0.1) is 5.92 Å². The standard InChI is InChI=1S/C11H16N4O/c1-7(8-2-3-8)14-11(16)9-4-5-13-10(6-9)15-12/h4-8H,2-3,12H2,1H3,(H,13,15)(H,14,16). The number of hydrogen-bond donors (Lipinski definition) is 3. The highest BCUT2D eigenvalue weighted by molar-refractivity contribution is 5.94. The predicted octanol–water partition coefficient (Wildman–Crippen LogP) is 0.895. The SMILES string of the molecule is CC(NC(=O)c1ccnc(NN)c1)C1CC1. The summed E-state index contributed by atoms with van der Waals surface area (Å²) in [4.78, 5) is 15.8. The maximum atomic E-state index is 11.8. The first-order chi connectivity index (χ1) is 7.70. The van der Waals surface area contributed by atoms with Crippen LogP contribution in [0.25, 0.3) is 0 Å². The van der Waals surface area contributed by atoms with Crippen LogP contribution < -0.4 is 16.6 Å². The molecule has 0 radical (unpaired) electrons. The highest BCUT2D eigenvalue weighted by Gasteiger charge is 2.29. The predicted molar refractivity (Wildman–Crippen MR) is 61.7 cm³/mol. The van der Waals surface area contributed by atoms with Crippen molar-refractivity contribution in [2.75, 3.05) is 5.43 Å². The average Bonchev–Trinajstić information content (AvgIpc) is 3.13. The lowest BCUT2D eigenvalue weighted by molar-refractivity contribution is 0.0936. The molecule has 1 aliphatic rings. The first-order valence-corrected chi connectivity index (χ1v) is 5.44. The van der Waals surface area contributed by atoms with E-state index in [0.29, 0.717) is 17.3 Å². The maximum Gasteiger partial charge on any atom is 0.251 e. The van der Waals surface area contributed by atoms with E-state index in [1.54, 1.807) is 18.3 Å². The molecule has 0 bridgehead atoms. The molecule has 1 amide bonds. The van der Waals surface area contributed by atoms with Gasteiger partial charge >= 0.3 is 0 Å². The zero-order valence-electron chi connectivity index (χ0n) is 9.23. The number of nitrogen functional groups attached to an aromatic ring is 1. The minimum Gasteiger partial charge on any atom is -0.349 e. The number of nitrogens with two attached hydrogens (primary N) is 1. The molecular formula is C11H16N4O. The number of hydrogen-bond acceptors (Lipinski definition) is 4. The van der Waals surface area contributed by atoms with E-state index in [-0.39, 0.29) is 11.9 Å². The normalized spacial score (nSPS) is 16.6. The summed E-state index contributed by atoms with van der Waals surface area (Å²) < 4.78 is 0. The number of rotatable bonds is 4. The summed E-state index contributed by atoms with van der Waals surface area (Å²) in [5.74, 6) is 6.31. The van der Waals surface area contributed by atoms with Crippen molar-refractivity contribution in [1.82, 2.24) is 10.3 Å². The fourth-order valence-corrected chi connectivity index (χ4v) is 1.65. The van der Waals surface area contributed by atoms with Gasteiger partial charge in [0.15, 0.2) is 0 Å². The Morgan fingerprint density at radius 3 is 3.00 bits per heavy atom. The minimum atomic E-state index is -0.0710. The van der Waals surface area contributed by atoms with E-state index in [4.69, 9.17) is 5.84 Å². The van der Waals surface area contributed by atoms with Crippen LogP contribution in [0.4, 0.5) is 5.82 Å². The molecule has 16 heavy (non-hydrogen) atoms. The monoisotopic (exact) mass is 220 g/mol. The Kier molecular flexibility index (Phi) is 3.05. The van der Waals surface area contributed by atoms with E-state index < -0.39 is 0 Å². The quantitative estimate of drug-likeness (QED) is 0.520. The molecule has 0 saturated heterocycles. The largest absolute Gasteiger partial charge is 0.349 e. The molecule has 5 nitrogen and oxygen atoms in total. The summed E-state index contributed by atoms with van der Waals surface area (Å²) >= 11 is 0. The van der Waals surface area contributed by atoms with Gasteiger partial charge in [0, 0.05) is 17.8 Å². The van der Waals surface area contributed by atoms with E-state index in [1.165, 1.54) is 12.8 Å². The first-order valence-electron chi connectivity index (χ1n) is 5.44. The van der Waals surface area contributed by atoms with Gasteiger partial charge in [0.05, 0.1) is 0 Å². The first kappa shape index (κ1) is 10.9. The van der Waals surface area contributed by atoms with Crippen molar-refractivity contribution in [2.45, 2.75) is 25.8 Å². The van der Waals surface area contributed by atoms with Gasteiger partial charge in [0.1, 0.15) is 5.82 Å². The molecule has 0 aromatic carbocycles. The maximum absolute atomic E-state index is 11.8. The molecule has 1 aromatic rings. The molecule has 1 saturated carbocycles. The van der Waals surface area contributed by atoms with E-state index in [1.807, 2.05) is 6.92 Å². The zero-order chi connectivity index (χ0) is 11.5. The van der Waals surface area contributed by atoms with Crippen LogP contribution in [0.3, 0.4) is 0 Å². The van der Waals surface area contributed by atoms with E-state index >= 15 is 0 Å². The summed E-state index contributed by atoms with van der Waals surface area (Å²) in [5.41, 5.74) is 3.00. The molecule has 1 heterocycles. The van der Waals surface area contributed by atoms with Crippen LogP contribution in [-0.4, -0.2) is 16.9 Å². The number of anilines is 1. The van der Waals surface area contributed by atoms with Crippen molar-refractivity contribution in [1.29, 1.82) is 0 Å². The zero-order valence-corrected chi connectivity index (χ0v) is 9.23. The summed E-state index contributed by atoms with van der Waals surface area (Å²) in [7, 11) is 0. The van der Waals surface area contributed by atoms with Crippen molar-refractivity contribution >= 4 is 11.7 Å². The van der Waals surface area contributed by atoms with E-state index in [9.17, 15) is 4.79 Å².